The Morgan fingerprint density at radius 2 is 0.844 bits per heavy atom. The second-order valence-corrected chi connectivity index (χ2v) is 8.32. The maximum Gasteiger partial charge on any atom is 0.126 e. The van der Waals surface area contributed by atoms with Crippen molar-refractivity contribution in [1.29, 1.82) is 0 Å². The predicted octanol–water partition coefficient (Wildman–Crippen LogP) is 8.59. The van der Waals surface area contributed by atoms with Crippen LogP contribution in [0.5, 0.6) is 0 Å². The van der Waals surface area contributed by atoms with Gasteiger partial charge in [-0.1, -0.05) is 67.2 Å². The molecule has 0 radical (unpaired) electrons. The molecule has 4 aromatic rings. The van der Waals surface area contributed by atoms with Gasteiger partial charge < -0.3 is 0 Å². The molecule has 0 heterocycles. The van der Waals surface area contributed by atoms with Gasteiger partial charge in [0.05, 0.1) is 0 Å². The van der Waals surface area contributed by atoms with Crippen LogP contribution < -0.4 is 0 Å². The van der Waals surface area contributed by atoms with Gasteiger partial charge in [-0.2, -0.15) is 0 Å². The van der Waals surface area contributed by atoms with E-state index in [2.05, 4.69) is 55.1 Å². The molecule has 0 fully saturated rings. The lowest BCUT2D eigenvalue weighted by atomic mass is 9.92. The van der Waals surface area contributed by atoms with Crippen LogP contribution in [0.15, 0.2) is 79.4 Å². The zero-order valence-electron chi connectivity index (χ0n) is 18.9. The second-order valence-electron chi connectivity index (χ2n) is 8.32. The molecule has 4 rings (SSSR count). The molecule has 4 aromatic carbocycles. The van der Waals surface area contributed by atoms with E-state index in [1.807, 2.05) is 39.8 Å². The number of hydrogen-bond donors (Lipinski definition) is 0. The molecule has 0 saturated carbocycles. The first-order chi connectivity index (χ1) is 15.3. The fraction of sp³-hybridized carbons (Fsp3) is 0.133. The molecule has 0 aromatic heterocycles. The first-order valence-corrected chi connectivity index (χ1v) is 10.7. The first-order valence-electron chi connectivity index (χ1n) is 10.7. The predicted molar refractivity (Wildman–Crippen MR) is 131 cm³/mol. The molecule has 0 spiro atoms. The summed E-state index contributed by atoms with van der Waals surface area (Å²) in [7, 11) is 0. The molecule has 0 saturated heterocycles. The highest BCUT2D eigenvalue weighted by Crippen LogP contribution is 2.31. The van der Waals surface area contributed by atoms with Crippen molar-refractivity contribution in [3.05, 3.63) is 124 Å². The van der Waals surface area contributed by atoms with Crippen molar-refractivity contribution in [1.82, 2.24) is 0 Å². The summed E-state index contributed by atoms with van der Waals surface area (Å²) in [5, 5.41) is 0. The van der Waals surface area contributed by atoms with E-state index in [-0.39, 0.29) is 11.6 Å². The van der Waals surface area contributed by atoms with Gasteiger partial charge in [0.25, 0.3) is 0 Å². The van der Waals surface area contributed by atoms with Gasteiger partial charge in [0, 0.05) is 0 Å². The van der Waals surface area contributed by atoms with Gasteiger partial charge in [-0.05, 0) is 101 Å². The van der Waals surface area contributed by atoms with E-state index in [0.717, 1.165) is 50.1 Å². The van der Waals surface area contributed by atoms with E-state index < -0.39 is 0 Å². The minimum absolute atomic E-state index is 0.175. The van der Waals surface area contributed by atoms with Crippen LogP contribution in [0.4, 0.5) is 8.78 Å². The number of benzene rings is 4. The van der Waals surface area contributed by atoms with Crippen LogP contribution in [0.2, 0.25) is 0 Å². The Kier molecular flexibility index (Phi) is 5.80. The van der Waals surface area contributed by atoms with Crippen LogP contribution in [-0.2, 0) is 0 Å². The third-order valence-electron chi connectivity index (χ3n) is 6.53. The summed E-state index contributed by atoms with van der Waals surface area (Å²) < 4.78 is 27.6. The summed E-state index contributed by atoms with van der Waals surface area (Å²) >= 11 is 0. The molecule has 0 nitrogen and oxygen atoms in total. The van der Waals surface area contributed by atoms with Crippen molar-refractivity contribution in [2.45, 2.75) is 27.7 Å². The Labute approximate surface area is 188 Å². The fourth-order valence-electron chi connectivity index (χ4n) is 4.07. The maximum atomic E-state index is 13.8. The molecule has 0 unspecified atom stereocenters. The molecule has 160 valence electrons. The van der Waals surface area contributed by atoms with E-state index >= 15 is 0 Å². The van der Waals surface area contributed by atoms with Crippen molar-refractivity contribution < 1.29 is 8.78 Å². The molecule has 0 amide bonds. The van der Waals surface area contributed by atoms with Crippen molar-refractivity contribution in [3.8, 4) is 22.3 Å². The first kappa shape index (κ1) is 21.7. The SMILES string of the molecule is C=C(c1ccc(-c2ccc(F)c(C)c2C)cc1)c1ccc(-c2ccc(F)c(C)c2C)cc1. The molecule has 2 heteroatoms. The number of hydrogen-bond acceptors (Lipinski definition) is 0. The van der Waals surface area contributed by atoms with Crippen molar-refractivity contribution in [2.75, 3.05) is 0 Å². The third-order valence-corrected chi connectivity index (χ3v) is 6.53. The molecule has 0 aliphatic heterocycles. The van der Waals surface area contributed by atoms with Gasteiger partial charge in [-0.3, -0.25) is 0 Å². The summed E-state index contributed by atoms with van der Waals surface area (Å²) in [6, 6.07) is 23.1. The Balaban J connectivity index is 1.59. The highest BCUT2D eigenvalue weighted by Gasteiger charge is 2.11. The van der Waals surface area contributed by atoms with E-state index in [1.165, 1.54) is 12.1 Å². The van der Waals surface area contributed by atoms with Crippen LogP contribution in [-0.4, -0.2) is 0 Å². The summed E-state index contributed by atoms with van der Waals surface area (Å²) in [6.07, 6.45) is 0. The molecule has 32 heavy (non-hydrogen) atoms. The molecular formula is C30H26F2. The van der Waals surface area contributed by atoms with Gasteiger partial charge in [-0.25, -0.2) is 8.78 Å². The molecule has 0 aliphatic rings. The van der Waals surface area contributed by atoms with E-state index in [1.54, 1.807) is 0 Å². The van der Waals surface area contributed by atoms with Gasteiger partial charge >= 0.3 is 0 Å². The summed E-state index contributed by atoms with van der Waals surface area (Å²) in [5.74, 6) is -0.351. The Morgan fingerprint density at radius 3 is 1.19 bits per heavy atom. The quantitative estimate of drug-likeness (QED) is 0.308. The van der Waals surface area contributed by atoms with Crippen LogP contribution in [0, 0.1) is 39.3 Å². The van der Waals surface area contributed by atoms with Crippen molar-refractivity contribution in [2.24, 2.45) is 0 Å². The Morgan fingerprint density at radius 1 is 0.500 bits per heavy atom. The molecule has 0 bridgehead atoms. The van der Waals surface area contributed by atoms with E-state index in [9.17, 15) is 8.78 Å². The third kappa shape index (κ3) is 3.89. The lowest BCUT2D eigenvalue weighted by molar-refractivity contribution is 0.617. The minimum atomic E-state index is -0.175. The van der Waals surface area contributed by atoms with Gasteiger partial charge in [0.1, 0.15) is 11.6 Å². The smallest absolute Gasteiger partial charge is 0.126 e. The second kappa shape index (κ2) is 8.55. The van der Waals surface area contributed by atoms with Gasteiger partial charge in [-0.15, -0.1) is 0 Å². The average Bonchev–Trinajstić information content (AvgIpc) is 2.81. The monoisotopic (exact) mass is 424 g/mol. The normalized spacial score (nSPS) is 10.9. The van der Waals surface area contributed by atoms with E-state index in [0.29, 0.717) is 11.1 Å². The van der Waals surface area contributed by atoms with Crippen LogP contribution >= 0.6 is 0 Å². The van der Waals surface area contributed by atoms with Crippen LogP contribution in [0.25, 0.3) is 27.8 Å². The minimum Gasteiger partial charge on any atom is -0.207 e. The lowest BCUT2D eigenvalue weighted by Gasteiger charge is -2.13. The Hall–Kier alpha value is -3.52. The zero-order chi connectivity index (χ0) is 23.0. The molecular weight excluding hydrogens is 398 g/mol. The highest BCUT2D eigenvalue weighted by molar-refractivity contribution is 5.81. The van der Waals surface area contributed by atoms with Crippen LogP contribution in [0.1, 0.15) is 33.4 Å². The topological polar surface area (TPSA) is 0 Å². The van der Waals surface area contributed by atoms with Crippen molar-refractivity contribution >= 4 is 5.57 Å². The molecule has 0 N–H and O–H groups in total. The van der Waals surface area contributed by atoms with Gasteiger partial charge in [0.2, 0.25) is 0 Å². The fourth-order valence-corrected chi connectivity index (χ4v) is 4.07. The van der Waals surface area contributed by atoms with Gasteiger partial charge in [0.15, 0.2) is 0 Å². The van der Waals surface area contributed by atoms with E-state index in [4.69, 9.17) is 0 Å². The average molecular weight is 425 g/mol. The Bertz CT molecular complexity index is 1210. The lowest BCUT2D eigenvalue weighted by Crippen LogP contribution is -1.93. The molecule has 0 aliphatic carbocycles. The number of halogens is 2. The summed E-state index contributed by atoms with van der Waals surface area (Å²) in [6.45, 7) is 11.8. The van der Waals surface area contributed by atoms with Crippen LogP contribution in [0.3, 0.4) is 0 Å². The number of rotatable bonds is 4. The summed E-state index contributed by atoms with van der Waals surface area (Å²) in [5.41, 5.74) is 10.5. The highest BCUT2D eigenvalue weighted by atomic mass is 19.1. The molecule has 0 atom stereocenters. The zero-order valence-corrected chi connectivity index (χ0v) is 18.9. The maximum absolute atomic E-state index is 13.8. The van der Waals surface area contributed by atoms with Crippen molar-refractivity contribution in [3.63, 3.8) is 0 Å². The standard InChI is InChI=1S/C30H26F2/c1-18-20(3)29(31)16-14-27(18)25-10-6-23(7-11-25)22(5)24-8-12-26(13-9-24)28-15-17-30(32)21(4)19(28)2/h6-17H,5H2,1-4H3. The summed E-state index contributed by atoms with van der Waals surface area (Å²) in [4.78, 5) is 0. The largest absolute Gasteiger partial charge is 0.207 e.